The Kier molecular flexibility index (Phi) is 4.86. The highest BCUT2D eigenvalue weighted by Gasteiger charge is 2.43. The van der Waals surface area contributed by atoms with Crippen molar-refractivity contribution in [2.75, 3.05) is 18.0 Å². The number of carbonyl (C=O) groups excluding carboxylic acids is 1. The van der Waals surface area contributed by atoms with Gasteiger partial charge in [0.2, 0.25) is 5.82 Å². The topological polar surface area (TPSA) is 84.6 Å². The smallest absolute Gasteiger partial charge is 0.444 e. The number of hydrogen-bond donors (Lipinski definition) is 0. The molecule has 162 valence electrons. The zero-order valence-electron chi connectivity index (χ0n) is 16.8. The summed E-state index contributed by atoms with van der Waals surface area (Å²) in [6, 6.07) is 3.56. The molecular formula is C19H22F3N5O3. The van der Waals surface area contributed by atoms with Gasteiger partial charge in [-0.3, -0.25) is 0 Å². The fraction of sp³-hybridized carbons (Fsp3) is 0.579. The second-order valence-corrected chi connectivity index (χ2v) is 8.50. The average Bonchev–Trinajstić information content (AvgIpc) is 3.23. The van der Waals surface area contributed by atoms with Crippen LogP contribution in [0, 0.1) is 0 Å². The van der Waals surface area contributed by atoms with E-state index in [9.17, 15) is 18.0 Å². The highest BCUT2D eigenvalue weighted by atomic mass is 19.4. The summed E-state index contributed by atoms with van der Waals surface area (Å²) in [5.41, 5.74) is -0.219. The monoisotopic (exact) mass is 425 g/mol. The van der Waals surface area contributed by atoms with Gasteiger partial charge < -0.3 is 19.1 Å². The SMILES string of the molecule is CC(C)(C)OC(=O)N1CC2CCC(C1)N2c1ccc(-c2noc(C(F)(F)F)n2)cn1. The van der Waals surface area contributed by atoms with Crippen LogP contribution in [0.2, 0.25) is 0 Å². The Morgan fingerprint density at radius 3 is 2.33 bits per heavy atom. The first kappa shape index (κ1) is 20.4. The number of rotatable bonds is 2. The molecule has 0 aromatic carbocycles. The number of amides is 1. The van der Waals surface area contributed by atoms with Crippen LogP contribution >= 0.6 is 0 Å². The predicted molar refractivity (Wildman–Crippen MR) is 99.6 cm³/mol. The number of fused-ring (bicyclic) bond motifs is 2. The Morgan fingerprint density at radius 1 is 1.17 bits per heavy atom. The molecule has 1 amide bonds. The van der Waals surface area contributed by atoms with Gasteiger partial charge in [0.25, 0.3) is 0 Å². The number of ether oxygens (including phenoxy) is 1. The Morgan fingerprint density at radius 2 is 1.83 bits per heavy atom. The van der Waals surface area contributed by atoms with Gasteiger partial charge in [-0.05, 0) is 45.7 Å². The summed E-state index contributed by atoms with van der Waals surface area (Å²) >= 11 is 0. The standard InChI is InChI=1S/C19H22F3N5O3/c1-18(2,3)29-17(28)26-9-12-5-6-13(10-26)27(12)14-7-4-11(8-23-14)15-24-16(30-25-15)19(20,21)22/h4,7-8,12-13H,5-6,9-10H2,1-3H3. The van der Waals surface area contributed by atoms with Crippen LogP contribution in [0.4, 0.5) is 23.8 Å². The van der Waals surface area contributed by atoms with Gasteiger partial charge in [-0.1, -0.05) is 5.16 Å². The summed E-state index contributed by atoms with van der Waals surface area (Å²) in [6.45, 7) is 6.58. The van der Waals surface area contributed by atoms with E-state index in [2.05, 4.69) is 24.5 Å². The lowest BCUT2D eigenvalue weighted by Crippen LogP contribution is -2.56. The first-order valence-electron chi connectivity index (χ1n) is 9.65. The molecule has 11 heteroatoms. The van der Waals surface area contributed by atoms with Crippen molar-refractivity contribution in [3.63, 3.8) is 0 Å². The summed E-state index contributed by atoms with van der Waals surface area (Å²) in [5, 5.41) is 3.38. The highest BCUT2D eigenvalue weighted by molar-refractivity contribution is 5.69. The minimum atomic E-state index is -4.69. The van der Waals surface area contributed by atoms with E-state index in [1.54, 1.807) is 17.0 Å². The van der Waals surface area contributed by atoms with E-state index in [4.69, 9.17) is 4.74 Å². The lowest BCUT2D eigenvalue weighted by molar-refractivity contribution is -0.159. The number of hydrogen-bond acceptors (Lipinski definition) is 7. The maximum absolute atomic E-state index is 12.6. The molecule has 0 aliphatic carbocycles. The molecule has 8 nitrogen and oxygen atoms in total. The molecule has 0 spiro atoms. The maximum atomic E-state index is 12.6. The fourth-order valence-corrected chi connectivity index (χ4v) is 3.88. The van der Waals surface area contributed by atoms with Gasteiger partial charge >= 0.3 is 18.2 Å². The number of pyridine rings is 1. The number of carbonyl (C=O) groups is 1. The molecule has 0 radical (unpaired) electrons. The van der Waals surface area contributed by atoms with Gasteiger partial charge in [0, 0.05) is 36.9 Å². The van der Waals surface area contributed by atoms with Crippen molar-refractivity contribution in [3.05, 3.63) is 24.2 Å². The quantitative estimate of drug-likeness (QED) is 0.725. The molecule has 2 fully saturated rings. The third kappa shape index (κ3) is 4.05. The van der Waals surface area contributed by atoms with E-state index in [-0.39, 0.29) is 24.0 Å². The zero-order valence-corrected chi connectivity index (χ0v) is 16.8. The van der Waals surface area contributed by atoms with Gasteiger partial charge in [0.15, 0.2) is 0 Å². The molecule has 2 atom stereocenters. The second-order valence-electron chi connectivity index (χ2n) is 8.50. The third-order valence-electron chi connectivity index (χ3n) is 5.07. The first-order chi connectivity index (χ1) is 14.0. The molecule has 0 N–H and O–H groups in total. The largest absolute Gasteiger partial charge is 0.471 e. The number of anilines is 1. The molecule has 2 aliphatic rings. The van der Waals surface area contributed by atoms with Crippen LogP contribution in [-0.2, 0) is 10.9 Å². The first-order valence-corrected chi connectivity index (χ1v) is 9.65. The predicted octanol–water partition coefficient (Wildman–Crippen LogP) is 3.74. The summed E-state index contributed by atoms with van der Waals surface area (Å²) in [4.78, 5) is 24.1. The zero-order chi connectivity index (χ0) is 21.7. The summed E-state index contributed by atoms with van der Waals surface area (Å²) in [7, 11) is 0. The molecule has 2 saturated heterocycles. The van der Waals surface area contributed by atoms with E-state index in [0.29, 0.717) is 24.5 Å². The Balaban J connectivity index is 1.47. The minimum Gasteiger partial charge on any atom is -0.444 e. The molecule has 2 aromatic rings. The average molecular weight is 425 g/mol. The van der Waals surface area contributed by atoms with Crippen LogP contribution in [-0.4, -0.2) is 56.9 Å². The number of aromatic nitrogens is 3. The molecule has 4 heterocycles. The lowest BCUT2D eigenvalue weighted by Gasteiger charge is -2.41. The van der Waals surface area contributed by atoms with E-state index in [0.717, 1.165) is 12.8 Å². The summed E-state index contributed by atoms with van der Waals surface area (Å²) < 4.78 is 47.7. The molecule has 4 rings (SSSR count). The van der Waals surface area contributed by atoms with Crippen molar-refractivity contribution < 1.29 is 27.2 Å². The van der Waals surface area contributed by atoms with Crippen molar-refractivity contribution >= 4 is 11.9 Å². The van der Waals surface area contributed by atoms with E-state index >= 15 is 0 Å². The maximum Gasteiger partial charge on any atom is 0.471 e. The minimum absolute atomic E-state index is 0.108. The van der Waals surface area contributed by atoms with Gasteiger partial charge in [0.1, 0.15) is 11.4 Å². The number of likely N-dealkylation sites (tertiary alicyclic amines) is 1. The van der Waals surface area contributed by atoms with Gasteiger partial charge in [-0.15, -0.1) is 0 Å². The second kappa shape index (κ2) is 7.13. The van der Waals surface area contributed by atoms with Crippen LogP contribution in [0.25, 0.3) is 11.4 Å². The number of alkyl halides is 3. The summed E-state index contributed by atoms with van der Waals surface area (Å²) in [5.74, 6) is -0.855. The van der Waals surface area contributed by atoms with Crippen LogP contribution in [0.1, 0.15) is 39.5 Å². The normalized spacial score (nSPS) is 21.8. The Hall–Kier alpha value is -2.85. The van der Waals surface area contributed by atoms with E-state index in [1.165, 1.54) is 6.20 Å². The van der Waals surface area contributed by atoms with Crippen molar-refractivity contribution in [3.8, 4) is 11.4 Å². The fourth-order valence-electron chi connectivity index (χ4n) is 3.88. The van der Waals surface area contributed by atoms with Crippen molar-refractivity contribution in [1.82, 2.24) is 20.0 Å². The number of halogens is 3. The number of piperazine rings is 1. The molecule has 0 saturated carbocycles. The summed E-state index contributed by atoms with van der Waals surface area (Å²) in [6.07, 6.45) is -1.73. The molecule has 30 heavy (non-hydrogen) atoms. The molecular weight excluding hydrogens is 403 g/mol. The van der Waals surface area contributed by atoms with E-state index < -0.39 is 17.7 Å². The van der Waals surface area contributed by atoms with Crippen LogP contribution in [0.5, 0.6) is 0 Å². The van der Waals surface area contributed by atoms with Gasteiger partial charge in [-0.2, -0.15) is 18.2 Å². The highest BCUT2D eigenvalue weighted by Crippen LogP contribution is 2.35. The van der Waals surface area contributed by atoms with Crippen molar-refractivity contribution in [1.29, 1.82) is 0 Å². The molecule has 2 aromatic heterocycles. The van der Waals surface area contributed by atoms with E-state index in [1.807, 2.05) is 20.8 Å². The van der Waals surface area contributed by atoms with Crippen LogP contribution in [0.15, 0.2) is 22.9 Å². The molecule has 2 unspecified atom stereocenters. The van der Waals surface area contributed by atoms with Gasteiger partial charge in [-0.25, -0.2) is 9.78 Å². The van der Waals surface area contributed by atoms with Crippen LogP contribution in [0.3, 0.4) is 0 Å². The van der Waals surface area contributed by atoms with Crippen molar-refractivity contribution in [2.45, 2.75) is 57.5 Å². The lowest BCUT2D eigenvalue weighted by atomic mass is 10.1. The van der Waals surface area contributed by atoms with Crippen molar-refractivity contribution in [2.24, 2.45) is 0 Å². The molecule has 2 aliphatic heterocycles. The third-order valence-corrected chi connectivity index (χ3v) is 5.07. The van der Waals surface area contributed by atoms with Crippen LogP contribution < -0.4 is 4.90 Å². The van der Waals surface area contributed by atoms with Gasteiger partial charge in [0.05, 0.1) is 0 Å². The number of nitrogens with zero attached hydrogens (tertiary/aromatic N) is 5. The molecule has 2 bridgehead atoms. The Labute approximate surface area is 171 Å². The Bertz CT molecular complexity index is 909.